The highest BCUT2D eigenvalue weighted by molar-refractivity contribution is 6.36. The lowest BCUT2D eigenvalue weighted by Gasteiger charge is -2.32. The molecule has 3 N–H and O–H groups in total. The Morgan fingerprint density at radius 3 is 2.30 bits per heavy atom. The normalized spacial score (nSPS) is 18.9. The van der Waals surface area contributed by atoms with Crippen molar-refractivity contribution in [1.82, 2.24) is 15.5 Å². The van der Waals surface area contributed by atoms with Gasteiger partial charge in [-0.1, -0.05) is 55.3 Å². The molecule has 166 valence electrons. The van der Waals surface area contributed by atoms with E-state index in [2.05, 4.69) is 16.0 Å². The number of nitrogens with one attached hydrogen (secondary N) is 3. The van der Waals surface area contributed by atoms with E-state index in [0.29, 0.717) is 47.3 Å². The minimum absolute atomic E-state index is 0.0573. The fraction of sp³-hybridized carbons (Fsp3) is 0.636. The first-order chi connectivity index (χ1) is 14.5. The number of amides is 4. The first-order valence-electron chi connectivity index (χ1n) is 11.1. The average Bonchev–Trinajstić information content (AvgIpc) is 2.71. The van der Waals surface area contributed by atoms with Gasteiger partial charge in [-0.05, 0) is 49.8 Å². The summed E-state index contributed by atoms with van der Waals surface area (Å²) in [7, 11) is 0. The summed E-state index contributed by atoms with van der Waals surface area (Å²) in [6, 6.07) is 5.09. The fourth-order valence-corrected chi connectivity index (χ4v) is 4.65. The molecule has 8 heteroatoms. The SMILES string of the molecule is O=C(NCC1CCN(C(=O)Nc2ccc(Cl)cc2Cl)CC1)NC1CCCCCCC1. The maximum atomic E-state index is 12.5. The van der Waals surface area contributed by atoms with Crippen molar-refractivity contribution in [3.8, 4) is 0 Å². The van der Waals surface area contributed by atoms with Crippen molar-refractivity contribution >= 4 is 41.0 Å². The molecule has 6 nitrogen and oxygen atoms in total. The predicted molar refractivity (Wildman–Crippen MR) is 122 cm³/mol. The second-order valence-electron chi connectivity index (χ2n) is 8.38. The molecule has 0 aromatic heterocycles. The lowest BCUT2D eigenvalue weighted by atomic mass is 9.96. The van der Waals surface area contributed by atoms with Crippen LogP contribution in [-0.2, 0) is 0 Å². The number of likely N-dealkylation sites (tertiary alicyclic amines) is 1. The molecule has 1 aliphatic carbocycles. The predicted octanol–water partition coefficient (Wildman–Crippen LogP) is 5.65. The Kier molecular flexibility index (Phi) is 8.94. The highest BCUT2D eigenvalue weighted by Gasteiger charge is 2.24. The van der Waals surface area contributed by atoms with Gasteiger partial charge in [-0.2, -0.15) is 0 Å². The minimum Gasteiger partial charge on any atom is -0.338 e. The summed E-state index contributed by atoms with van der Waals surface area (Å²) in [6.45, 7) is 1.97. The molecule has 1 heterocycles. The number of hydrogen-bond donors (Lipinski definition) is 3. The van der Waals surface area contributed by atoms with E-state index < -0.39 is 0 Å². The molecule has 1 aromatic rings. The summed E-state index contributed by atoms with van der Waals surface area (Å²) in [5, 5.41) is 9.97. The molecule has 4 amide bonds. The van der Waals surface area contributed by atoms with Gasteiger partial charge in [0.1, 0.15) is 0 Å². The van der Waals surface area contributed by atoms with Crippen LogP contribution >= 0.6 is 23.2 Å². The molecule has 0 atom stereocenters. The number of rotatable bonds is 4. The number of anilines is 1. The van der Waals surface area contributed by atoms with E-state index in [1.807, 2.05) is 0 Å². The van der Waals surface area contributed by atoms with Gasteiger partial charge in [0.2, 0.25) is 0 Å². The van der Waals surface area contributed by atoms with Crippen molar-refractivity contribution < 1.29 is 9.59 Å². The van der Waals surface area contributed by atoms with Crippen LogP contribution in [0.1, 0.15) is 57.8 Å². The lowest BCUT2D eigenvalue weighted by molar-refractivity contribution is 0.180. The summed E-state index contributed by atoms with van der Waals surface area (Å²) in [5.74, 6) is 0.385. The van der Waals surface area contributed by atoms with Crippen LogP contribution in [0, 0.1) is 5.92 Å². The van der Waals surface area contributed by atoms with Crippen molar-refractivity contribution in [2.24, 2.45) is 5.92 Å². The molecule has 2 fully saturated rings. The average molecular weight is 455 g/mol. The topological polar surface area (TPSA) is 73.5 Å². The molecule has 0 bridgehead atoms. The molecule has 0 spiro atoms. The van der Waals surface area contributed by atoms with Gasteiger partial charge in [0.25, 0.3) is 0 Å². The van der Waals surface area contributed by atoms with Crippen LogP contribution < -0.4 is 16.0 Å². The van der Waals surface area contributed by atoms with E-state index in [1.54, 1.807) is 23.1 Å². The van der Waals surface area contributed by atoms with Crippen LogP contribution in [0.25, 0.3) is 0 Å². The van der Waals surface area contributed by atoms with Gasteiger partial charge in [0.15, 0.2) is 0 Å². The van der Waals surface area contributed by atoms with Gasteiger partial charge in [-0.25, -0.2) is 9.59 Å². The van der Waals surface area contributed by atoms with E-state index in [9.17, 15) is 9.59 Å². The molecule has 3 rings (SSSR count). The number of urea groups is 2. The Bertz CT molecular complexity index is 715. The Morgan fingerprint density at radius 1 is 0.967 bits per heavy atom. The quantitative estimate of drug-likeness (QED) is 0.549. The third-order valence-electron chi connectivity index (χ3n) is 6.07. The summed E-state index contributed by atoms with van der Waals surface area (Å²) in [4.78, 5) is 26.5. The first kappa shape index (κ1) is 23.0. The third-order valence-corrected chi connectivity index (χ3v) is 6.61. The monoisotopic (exact) mass is 454 g/mol. The Hall–Kier alpha value is -1.66. The van der Waals surface area contributed by atoms with E-state index in [4.69, 9.17) is 23.2 Å². The van der Waals surface area contributed by atoms with Crippen molar-refractivity contribution in [1.29, 1.82) is 0 Å². The van der Waals surface area contributed by atoms with E-state index in [-0.39, 0.29) is 12.1 Å². The smallest absolute Gasteiger partial charge is 0.321 e. The molecule has 2 aliphatic rings. The molecule has 1 aromatic carbocycles. The highest BCUT2D eigenvalue weighted by Crippen LogP contribution is 2.26. The summed E-state index contributed by atoms with van der Waals surface area (Å²) >= 11 is 12.0. The van der Waals surface area contributed by atoms with Crippen LogP contribution in [0.4, 0.5) is 15.3 Å². The van der Waals surface area contributed by atoms with Crippen molar-refractivity contribution in [3.05, 3.63) is 28.2 Å². The minimum atomic E-state index is -0.160. The Labute approximate surface area is 189 Å². The van der Waals surface area contributed by atoms with Gasteiger partial charge in [0, 0.05) is 30.7 Å². The largest absolute Gasteiger partial charge is 0.338 e. The molecule has 1 saturated heterocycles. The molecule has 0 radical (unpaired) electrons. The number of carbonyl (C=O) groups excluding carboxylic acids is 2. The molecule has 0 unspecified atom stereocenters. The van der Waals surface area contributed by atoms with Gasteiger partial charge in [0.05, 0.1) is 10.7 Å². The lowest BCUT2D eigenvalue weighted by Crippen LogP contribution is -2.46. The highest BCUT2D eigenvalue weighted by atomic mass is 35.5. The van der Waals surface area contributed by atoms with Crippen LogP contribution in [0.15, 0.2) is 18.2 Å². The molecule has 1 aliphatic heterocycles. The van der Waals surface area contributed by atoms with E-state index >= 15 is 0 Å². The second-order valence-corrected chi connectivity index (χ2v) is 9.22. The zero-order valence-electron chi connectivity index (χ0n) is 17.4. The van der Waals surface area contributed by atoms with Gasteiger partial charge >= 0.3 is 12.1 Å². The van der Waals surface area contributed by atoms with E-state index in [0.717, 1.165) is 25.7 Å². The Balaban J connectivity index is 1.35. The summed E-state index contributed by atoms with van der Waals surface area (Å²) in [5.41, 5.74) is 0.556. The zero-order chi connectivity index (χ0) is 21.3. The van der Waals surface area contributed by atoms with Crippen molar-refractivity contribution in [2.75, 3.05) is 25.0 Å². The number of halogens is 2. The van der Waals surface area contributed by atoms with Gasteiger partial charge in [-0.3, -0.25) is 0 Å². The van der Waals surface area contributed by atoms with Gasteiger partial charge in [-0.15, -0.1) is 0 Å². The first-order valence-corrected chi connectivity index (χ1v) is 11.8. The van der Waals surface area contributed by atoms with Crippen LogP contribution in [0.5, 0.6) is 0 Å². The zero-order valence-corrected chi connectivity index (χ0v) is 18.9. The third kappa shape index (κ3) is 7.24. The van der Waals surface area contributed by atoms with Crippen LogP contribution in [0.2, 0.25) is 10.0 Å². The fourth-order valence-electron chi connectivity index (χ4n) is 4.20. The number of benzene rings is 1. The van der Waals surface area contributed by atoms with Gasteiger partial charge < -0.3 is 20.9 Å². The number of piperidine rings is 1. The molecular weight excluding hydrogens is 423 g/mol. The van der Waals surface area contributed by atoms with Crippen molar-refractivity contribution in [3.63, 3.8) is 0 Å². The molecule has 30 heavy (non-hydrogen) atoms. The summed E-state index contributed by atoms with van der Waals surface area (Å²) < 4.78 is 0. The molecular formula is C22H32Cl2N4O2. The second kappa shape index (κ2) is 11.7. The van der Waals surface area contributed by atoms with E-state index in [1.165, 1.54) is 32.1 Å². The van der Waals surface area contributed by atoms with Crippen molar-refractivity contribution in [2.45, 2.75) is 63.8 Å². The maximum absolute atomic E-state index is 12.5. The number of hydrogen-bond acceptors (Lipinski definition) is 2. The van der Waals surface area contributed by atoms with Crippen LogP contribution in [-0.4, -0.2) is 42.6 Å². The number of carbonyl (C=O) groups is 2. The standard InChI is InChI=1S/C22H32Cl2N4O2/c23-17-8-9-20(19(24)14-17)27-22(30)28-12-10-16(11-13-28)15-25-21(29)26-18-6-4-2-1-3-5-7-18/h8-9,14,16,18H,1-7,10-13,15H2,(H,27,30)(H2,25,26,29). The molecule has 1 saturated carbocycles. The van der Waals surface area contributed by atoms with Crippen LogP contribution in [0.3, 0.4) is 0 Å². The summed E-state index contributed by atoms with van der Waals surface area (Å²) in [6.07, 6.45) is 10.2. The maximum Gasteiger partial charge on any atom is 0.321 e. The Morgan fingerprint density at radius 2 is 1.63 bits per heavy atom. The number of nitrogens with zero attached hydrogens (tertiary/aromatic N) is 1.